The lowest BCUT2D eigenvalue weighted by atomic mass is 10.0. The van der Waals surface area contributed by atoms with Crippen molar-refractivity contribution in [3.63, 3.8) is 0 Å². The van der Waals surface area contributed by atoms with Gasteiger partial charge in [0.15, 0.2) is 5.82 Å². The van der Waals surface area contributed by atoms with Crippen LogP contribution in [0.2, 0.25) is 0 Å². The second-order valence-corrected chi connectivity index (χ2v) is 6.62. The van der Waals surface area contributed by atoms with Crippen LogP contribution in [0, 0.1) is 0 Å². The van der Waals surface area contributed by atoms with Crippen molar-refractivity contribution in [1.82, 2.24) is 15.1 Å². The minimum atomic E-state index is -0.868. The van der Waals surface area contributed by atoms with Gasteiger partial charge in [-0.05, 0) is 37.7 Å². The molecule has 0 aliphatic carbocycles. The fourth-order valence-electron chi connectivity index (χ4n) is 3.24. The molecule has 3 N–H and O–H groups in total. The first-order valence-corrected chi connectivity index (χ1v) is 9.00. The maximum Gasteiger partial charge on any atom is 0.320 e. The van der Waals surface area contributed by atoms with Crippen LogP contribution in [0.3, 0.4) is 0 Å². The van der Waals surface area contributed by atoms with Gasteiger partial charge in [0.1, 0.15) is 0 Å². The van der Waals surface area contributed by atoms with Crippen LogP contribution in [0.1, 0.15) is 36.9 Å². The Hall–Kier alpha value is -2.83. The van der Waals surface area contributed by atoms with Gasteiger partial charge in [0, 0.05) is 30.8 Å². The lowest BCUT2D eigenvalue weighted by Gasteiger charge is -2.18. The number of urea groups is 1. The zero-order chi connectivity index (χ0) is 18.4. The van der Waals surface area contributed by atoms with E-state index in [1.165, 1.54) is 0 Å². The van der Waals surface area contributed by atoms with Gasteiger partial charge in [0.25, 0.3) is 0 Å². The van der Waals surface area contributed by atoms with Gasteiger partial charge in [-0.1, -0.05) is 30.3 Å². The molecule has 0 saturated carbocycles. The molecule has 3 rings (SSSR count). The first kappa shape index (κ1) is 18.0. The van der Waals surface area contributed by atoms with Crippen LogP contribution in [0.25, 0.3) is 0 Å². The summed E-state index contributed by atoms with van der Waals surface area (Å²) in [7, 11) is 0. The van der Waals surface area contributed by atoms with Crippen LogP contribution < -0.4 is 10.6 Å². The summed E-state index contributed by atoms with van der Waals surface area (Å²) < 4.78 is 1.94. The number of hydrogen-bond acceptors (Lipinski definition) is 3. The number of fused-ring (bicyclic) bond motifs is 1. The van der Waals surface area contributed by atoms with Gasteiger partial charge in [-0.2, -0.15) is 5.10 Å². The fraction of sp³-hybridized carbons (Fsp3) is 0.421. The van der Waals surface area contributed by atoms with E-state index < -0.39 is 5.97 Å². The Balaban J connectivity index is 1.60. The molecule has 1 atom stereocenters. The molecule has 7 nitrogen and oxygen atoms in total. The third-order valence-corrected chi connectivity index (χ3v) is 4.52. The number of carboxylic acid groups (broad SMARTS) is 1. The molecule has 1 aliphatic heterocycles. The molecule has 1 aliphatic rings. The molecule has 0 fully saturated rings. The Morgan fingerprint density at radius 2 is 2.04 bits per heavy atom. The number of carbonyl (C=O) groups excluding carboxylic acids is 1. The first-order valence-electron chi connectivity index (χ1n) is 9.00. The summed E-state index contributed by atoms with van der Waals surface area (Å²) in [6.07, 6.45) is 4.20. The maximum atomic E-state index is 12.4. The van der Waals surface area contributed by atoms with Crippen molar-refractivity contribution in [3.8, 4) is 0 Å². The van der Waals surface area contributed by atoms with Crippen LogP contribution >= 0.6 is 0 Å². The van der Waals surface area contributed by atoms with Crippen LogP contribution in [0.15, 0.2) is 36.4 Å². The molecular formula is C19H24N4O3. The Morgan fingerprint density at radius 3 is 2.77 bits per heavy atom. The summed E-state index contributed by atoms with van der Waals surface area (Å²) >= 11 is 0. The quantitative estimate of drug-likeness (QED) is 0.711. The van der Waals surface area contributed by atoms with Crippen molar-refractivity contribution in [2.24, 2.45) is 0 Å². The van der Waals surface area contributed by atoms with E-state index in [4.69, 9.17) is 5.11 Å². The van der Waals surface area contributed by atoms with Gasteiger partial charge in [0.05, 0.1) is 0 Å². The SMILES string of the molecule is O=C(O)CCC(Cc1ccccc1)NC(=O)Nc1cc2n(n1)CCCC2. The molecule has 138 valence electrons. The highest BCUT2D eigenvalue weighted by Crippen LogP contribution is 2.18. The number of aryl methyl sites for hydroxylation is 2. The fourth-order valence-corrected chi connectivity index (χ4v) is 3.24. The lowest BCUT2D eigenvalue weighted by Crippen LogP contribution is -2.39. The number of nitrogens with one attached hydrogen (secondary N) is 2. The van der Waals surface area contributed by atoms with Gasteiger partial charge in [-0.3, -0.25) is 14.8 Å². The van der Waals surface area contributed by atoms with Gasteiger partial charge < -0.3 is 10.4 Å². The van der Waals surface area contributed by atoms with Crippen molar-refractivity contribution in [2.75, 3.05) is 5.32 Å². The highest BCUT2D eigenvalue weighted by molar-refractivity contribution is 5.88. The molecule has 1 unspecified atom stereocenters. The average molecular weight is 356 g/mol. The molecule has 2 aromatic rings. The Morgan fingerprint density at radius 1 is 1.23 bits per heavy atom. The highest BCUT2D eigenvalue weighted by atomic mass is 16.4. The lowest BCUT2D eigenvalue weighted by molar-refractivity contribution is -0.137. The van der Waals surface area contributed by atoms with Gasteiger partial charge in [0.2, 0.25) is 0 Å². The minimum absolute atomic E-state index is 0.0105. The van der Waals surface area contributed by atoms with Crippen LogP contribution in [0.4, 0.5) is 10.6 Å². The summed E-state index contributed by atoms with van der Waals surface area (Å²) in [6.45, 7) is 0.883. The molecule has 1 aromatic carbocycles. The summed E-state index contributed by atoms with van der Waals surface area (Å²) in [6, 6.07) is 11.0. The van der Waals surface area contributed by atoms with E-state index in [0.29, 0.717) is 18.7 Å². The minimum Gasteiger partial charge on any atom is -0.481 e. The predicted octanol–water partition coefficient (Wildman–Crippen LogP) is 2.82. The number of carboxylic acids is 1. The van der Waals surface area contributed by atoms with Gasteiger partial charge >= 0.3 is 12.0 Å². The molecule has 7 heteroatoms. The molecule has 0 radical (unpaired) electrons. The van der Waals surface area contributed by atoms with E-state index in [-0.39, 0.29) is 18.5 Å². The number of carbonyl (C=O) groups is 2. The Bertz CT molecular complexity index is 734. The monoisotopic (exact) mass is 356 g/mol. The van der Waals surface area contributed by atoms with E-state index in [2.05, 4.69) is 15.7 Å². The summed E-state index contributed by atoms with van der Waals surface area (Å²) in [5.41, 5.74) is 2.19. The number of amides is 2. The summed E-state index contributed by atoms with van der Waals surface area (Å²) in [5, 5.41) is 19.0. The highest BCUT2D eigenvalue weighted by Gasteiger charge is 2.17. The van der Waals surface area contributed by atoms with Crippen molar-refractivity contribution >= 4 is 17.8 Å². The number of aromatic nitrogens is 2. The maximum absolute atomic E-state index is 12.4. The Labute approximate surface area is 152 Å². The number of anilines is 1. The predicted molar refractivity (Wildman–Crippen MR) is 98.1 cm³/mol. The van der Waals surface area contributed by atoms with E-state index in [1.54, 1.807) is 0 Å². The zero-order valence-electron chi connectivity index (χ0n) is 14.6. The van der Waals surface area contributed by atoms with E-state index in [0.717, 1.165) is 37.1 Å². The molecule has 0 bridgehead atoms. The third kappa shape index (κ3) is 5.08. The molecular weight excluding hydrogens is 332 g/mol. The number of benzene rings is 1. The number of rotatable bonds is 7. The molecule has 26 heavy (non-hydrogen) atoms. The topological polar surface area (TPSA) is 96.3 Å². The van der Waals surface area contributed by atoms with Gasteiger partial charge in [-0.25, -0.2) is 4.79 Å². The van der Waals surface area contributed by atoms with Crippen molar-refractivity contribution < 1.29 is 14.7 Å². The second-order valence-electron chi connectivity index (χ2n) is 6.62. The number of nitrogens with zero attached hydrogens (tertiary/aromatic N) is 2. The average Bonchev–Trinajstić information content (AvgIpc) is 3.02. The first-order chi connectivity index (χ1) is 12.6. The normalized spacial score (nSPS) is 14.3. The van der Waals surface area contributed by atoms with Gasteiger partial charge in [-0.15, -0.1) is 0 Å². The summed E-state index contributed by atoms with van der Waals surface area (Å²) in [5.74, 6) is -0.330. The molecule has 1 aromatic heterocycles. The number of aliphatic carboxylic acids is 1. The van der Waals surface area contributed by atoms with Crippen molar-refractivity contribution in [1.29, 1.82) is 0 Å². The molecule has 0 spiro atoms. The Kier molecular flexibility index (Phi) is 5.88. The van der Waals surface area contributed by atoms with E-state index >= 15 is 0 Å². The van der Waals surface area contributed by atoms with Crippen molar-refractivity contribution in [2.45, 2.75) is 51.1 Å². The van der Waals surface area contributed by atoms with Crippen LogP contribution in [0.5, 0.6) is 0 Å². The van der Waals surface area contributed by atoms with E-state index in [9.17, 15) is 9.59 Å². The smallest absolute Gasteiger partial charge is 0.320 e. The second kappa shape index (κ2) is 8.51. The zero-order valence-corrected chi connectivity index (χ0v) is 14.6. The number of hydrogen-bond donors (Lipinski definition) is 3. The largest absolute Gasteiger partial charge is 0.481 e. The van der Waals surface area contributed by atoms with Crippen LogP contribution in [-0.2, 0) is 24.2 Å². The van der Waals surface area contributed by atoms with Crippen molar-refractivity contribution in [3.05, 3.63) is 47.7 Å². The summed E-state index contributed by atoms with van der Waals surface area (Å²) in [4.78, 5) is 23.3. The molecule has 2 heterocycles. The standard InChI is InChI=1S/C19H24N4O3/c24-18(25)10-9-15(12-14-6-2-1-3-7-14)20-19(26)21-17-13-16-8-4-5-11-23(16)22-17/h1-3,6-7,13,15H,4-5,8-12H2,(H,24,25)(H2,20,21,22,26). The van der Waals surface area contributed by atoms with Crippen LogP contribution in [-0.4, -0.2) is 32.9 Å². The molecule has 2 amide bonds. The molecule has 0 saturated heterocycles. The third-order valence-electron chi connectivity index (χ3n) is 4.52. The van der Waals surface area contributed by atoms with E-state index in [1.807, 2.05) is 41.1 Å².